The van der Waals surface area contributed by atoms with Gasteiger partial charge in [0.25, 0.3) is 0 Å². The van der Waals surface area contributed by atoms with E-state index in [-0.39, 0.29) is 12.1 Å². The summed E-state index contributed by atoms with van der Waals surface area (Å²) < 4.78 is 13.5. The van der Waals surface area contributed by atoms with Crippen LogP contribution in [0, 0.1) is 0 Å². The molecule has 33 heavy (non-hydrogen) atoms. The molecule has 0 unspecified atom stereocenters. The van der Waals surface area contributed by atoms with Crippen LogP contribution in [0.5, 0.6) is 5.75 Å². The average molecular weight is 468 g/mol. The van der Waals surface area contributed by atoms with E-state index in [0.29, 0.717) is 24.7 Å². The Morgan fingerprint density at radius 2 is 1.85 bits per heavy atom. The fourth-order valence-electron chi connectivity index (χ4n) is 3.87. The fourth-order valence-corrected chi connectivity index (χ4v) is 4.06. The highest BCUT2D eigenvalue weighted by atomic mass is 35.5. The second kappa shape index (κ2) is 9.87. The highest BCUT2D eigenvalue weighted by Gasteiger charge is 2.27. The van der Waals surface area contributed by atoms with Crippen molar-refractivity contribution in [2.75, 3.05) is 13.1 Å². The van der Waals surface area contributed by atoms with Gasteiger partial charge in [0.2, 0.25) is 0 Å². The molecule has 0 N–H and O–H groups in total. The number of piperidine rings is 1. The molecule has 2 aromatic carbocycles. The summed E-state index contributed by atoms with van der Waals surface area (Å²) in [6, 6.07) is 15.9. The number of carbonyl (C=O) groups excluding carboxylic acids is 1. The number of hydrogen-bond donors (Lipinski definition) is 0. The molecule has 1 aromatic heterocycles. The summed E-state index contributed by atoms with van der Waals surface area (Å²) in [5.74, 6) is 0.783. The van der Waals surface area contributed by atoms with Crippen molar-refractivity contribution in [1.29, 1.82) is 0 Å². The van der Waals surface area contributed by atoms with Crippen LogP contribution in [0.15, 0.2) is 60.9 Å². The molecular formula is C26H30ClN3O3. The van der Waals surface area contributed by atoms with Crippen LogP contribution in [0.1, 0.15) is 45.2 Å². The first kappa shape index (κ1) is 23.2. The average Bonchev–Trinajstić information content (AvgIpc) is 3.28. The summed E-state index contributed by atoms with van der Waals surface area (Å²) in [6.45, 7) is 7.41. The van der Waals surface area contributed by atoms with Gasteiger partial charge in [0.05, 0.1) is 12.2 Å². The van der Waals surface area contributed by atoms with E-state index in [2.05, 4.69) is 17.4 Å². The highest BCUT2D eigenvalue weighted by Crippen LogP contribution is 2.28. The summed E-state index contributed by atoms with van der Waals surface area (Å²) in [7, 11) is 0. The first-order chi connectivity index (χ1) is 15.8. The third-order valence-electron chi connectivity index (χ3n) is 5.61. The SMILES string of the molecule is CC(C)(C)OC(=O)N1CCC(n2cc(-c3cccc(OCc4ccccc4Cl)c3)cn2)CC1. The van der Waals surface area contributed by atoms with Gasteiger partial charge in [0, 0.05) is 35.4 Å². The van der Waals surface area contributed by atoms with E-state index in [4.69, 9.17) is 21.1 Å². The number of nitrogens with zero attached hydrogens (tertiary/aromatic N) is 3. The number of carbonyl (C=O) groups is 1. The zero-order valence-electron chi connectivity index (χ0n) is 19.3. The largest absolute Gasteiger partial charge is 0.489 e. The maximum Gasteiger partial charge on any atom is 0.410 e. The molecule has 1 saturated heterocycles. The van der Waals surface area contributed by atoms with Crippen molar-refractivity contribution in [2.24, 2.45) is 0 Å². The van der Waals surface area contributed by atoms with E-state index in [9.17, 15) is 4.79 Å². The molecule has 0 radical (unpaired) electrons. The summed E-state index contributed by atoms with van der Waals surface area (Å²) in [6.07, 6.45) is 5.41. The van der Waals surface area contributed by atoms with Crippen LogP contribution in [0.2, 0.25) is 5.02 Å². The molecule has 1 amide bonds. The topological polar surface area (TPSA) is 56.6 Å². The number of amides is 1. The Morgan fingerprint density at radius 1 is 1.09 bits per heavy atom. The predicted molar refractivity (Wildman–Crippen MR) is 130 cm³/mol. The van der Waals surface area contributed by atoms with Crippen LogP contribution in [-0.4, -0.2) is 39.5 Å². The second-order valence-corrected chi connectivity index (χ2v) is 9.72. The van der Waals surface area contributed by atoms with Crippen molar-refractivity contribution < 1.29 is 14.3 Å². The Morgan fingerprint density at radius 3 is 2.58 bits per heavy atom. The van der Waals surface area contributed by atoms with Gasteiger partial charge < -0.3 is 14.4 Å². The minimum Gasteiger partial charge on any atom is -0.489 e. The second-order valence-electron chi connectivity index (χ2n) is 9.32. The molecule has 1 fully saturated rings. The number of aromatic nitrogens is 2. The molecule has 174 valence electrons. The van der Waals surface area contributed by atoms with Gasteiger partial charge in [-0.3, -0.25) is 4.68 Å². The number of halogens is 1. The molecule has 2 heterocycles. The van der Waals surface area contributed by atoms with Crippen LogP contribution in [0.4, 0.5) is 4.79 Å². The molecule has 4 rings (SSSR count). The summed E-state index contributed by atoms with van der Waals surface area (Å²) in [5, 5.41) is 5.31. The standard InChI is InChI=1S/C26H30ClN3O3/c1-26(2,3)33-25(31)29-13-11-22(12-14-29)30-17-21(16-28-30)19-8-6-9-23(15-19)32-18-20-7-4-5-10-24(20)27/h4-10,15-17,22H,11-14,18H2,1-3H3. The number of rotatable bonds is 5. The van der Waals surface area contributed by atoms with Crippen molar-refractivity contribution in [3.63, 3.8) is 0 Å². The molecule has 0 atom stereocenters. The van der Waals surface area contributed by atoms with Gasteiger partial charge in [0.1, 0.15) is 18.0 Å². The Balaban J connectivity index is 1.36. The van der Waals surface area contributed by atoms with E-state index < -0.39 is 5.60 Å². The lowest BCUT2D eigenvalue weighted by molar-refractivity contribution is 0.0185. The summed E-state index contributed by atoms with van der Waals surface area (Å²) >= 11 is 6.23. The van der Waals surface area contributed by atoms with Gasteiger partial charge in [0.15, 0.2) is 0 Å². The smallest absolute Gasteiger partial charge is 0.410 e. The zero-order chi connectivity index (χ0) is 23.4. The first-order valence-electron chi connectivity index (χ1n) is 11.3. The summed E-state index contributed by atoms with van der Waals surface area (Å²) in [5.41, 5.74) is 2.56. The van der Waals surface area contributed by atoms with Crippen LogP contribution in [0.25, 0.3) is 11.1 Å². The van der Waals surface area contributed by atoms with Gasteiger partial charge in [-0.15, -0.1) is 0 Å². The zero-order valence-corrected chi connectivity index (χ0v) is 20.1. The molecule has 3 aromatic rings. The Labute approximate surface area is 200 Å². The fraction of sp³-hybridized carbons (Fsp3) is 0.385. The lowest BCUT2D eigenvalue weighted by Crippen LogP contribution is -2.42. The van der Waals surface area contributed by atoms with Crippen LogP contribution in [0.3, 0.4) is 0 Å². The van der Waals surface area contributed by atoms with E-state index in [1.54, 1.807) is 4.90 Å². The normalized spacial score (nSPS) is 14.8. The molecule has 1 aliphatic rings. The van der Waals surface area contributed by atoms with Gasteiger partial charge in [-0.25, -0.2) is 4.79 Å². The van der Waals surface area contributed by atoms with Crippen LogP contribution < -0.4 is 4.74 Å². The monoisotopic (exact) mass is 467 g/mol. The number of ether oxygens (including phenoxy) is 2. The number of benzene rings is 2. The third-order valence-corrected chi connectivity index (χ3v) is 5.98. The lowest BCUT2D eigenvalue weighted by Gasteiger charge is -2.33. The predicted octanol–water partition coefficient (Wildman–Crippen LogP) is 6.35. The maximum absolute atomic E-state index is 12.3. The molecule has 0 aliphatic carbocycles. The van der Waals surface area contributed by atoms with Crippen LogP contribution in [-0.2, 0) is 11.3 Å². The first-order valence-corrected chi connectivity index (χ1v) is 11.6. The highest BCUT2D eigenvalue weighted by molar-refractivity contribution is 6.31. The quantitative estimate of drug-likeness (QED) is 0.438. The van der Waals surface area contributed by atoms with Gasteiger partial charge >= 0.3 is 6.09 Å². The van der Waals surface area contributed by atoms with Gasteiger partial charge in [-0.1, -0.05) is 41.9 Å². The molecule has 7 heteroatoms. The van der Waals surface area contributed by atoms with Gasteiger partial charge in [-0.2, -0.15) is 5.10 Å². The van der Waals surface area contributed by atoms with Crippen molar-refractivity contribution >= 4 is 17.7 Å². The molecule has 0 bridgehead atoms. The van der Waals surface area contributed by atoms with Crippen molar-refractivity contribution in [3.05, 3.63) is 71.5 Å². The third kappa shape index (κ3) is 6.08. The Hall–Kier alpha value is -2.99. The number of hydrogen-bond acceptors (Lipinski definition) is 4. The maximum atomic E-state index is 12.3. The van der Waals surface area contributed by atoms with Crippen molar-refractivity contribution in [2.45, 2.75) is 51.9 Å². The molecule has 6 nitrogen and oxygen atoms in total. The van der Waals surface area contributed by atoms with E-state index >= 15 is 0 Å². The lowest BCUT2D eigenvalue weighted by atomic mass is 10.1. The van der Waals surface area contributed by atoms with E-state index in [1.807, 2.05) is 74.1 Å². The molecule has 0 saturated carbocycles. The van der Waals surface area contributed by atoms with E-state index in [1.165, 1.54) is 0 Å². The molecule has 0 spiro atoms. The minimum atomic E-state index is -0.476. The minimum absolute atomic E-state index is 0.240. The van der Waals surface area contributed by atoms with Crippen LogP contribution >= 0.6 is 11.6 Å². The van der Waals surface area contributed by atoms with Crippen molar-refractivity contribution in [1.82, 2.24) is 14.7 Å². The van der Waals surface area contributed by atoms with Gasteiger partial charge in [-0.05, 0) is 57.4 Å². The van der Waals surface area contributed by atoms with E-state index in [0.717, 1.165) is 35.3 Å². The molecule has 1 aliphatic heterocycles. The molecular weight excluding hydrogens is 438 g/mol. The Kier molecular flexibility index (Phi) is 6.94. The Bertz CT molecular complexity index is 1100. The summed E-state index contributed by atoms with van der Waals surface area (Å²) in [4.78, 5) is 14.1. The van der Waals surface area contributed by atoms with Crippen molar-refractivity contribution in [3.8, 4) is 16.9 Å². The number of likely N-dealkylation sites (tertiary alicyclic amines) is 1.